The molecule has 1 aliphatic rings. The lowest BCUT2D eigenvalue weighted by atomic mass is 9.87. The number of carbonyl (C=O) groups excluding carboxylic acids is 1. The van der Waals surface area contributed by atoms with E-state index in [0.29, 0.717) is 12.1 Å². The number of hydrogen-bond acceptors (Lipinski definition) is 6. The van der Waals surface area contributed by atoms with E-state index < -0.39 is 10.0 Å². The Kier molecular flexibility index (Phi) is 5.56. The summed E-state index contributed by atoms with van der Waals surface area (Å²) in [6.07, 6.45) is 1.71. The zero-order valence-electron chi connectivity index (χ0n) is 15.6. The first-order valence-electron chi connectivity index (χ1n) is 9.10. The fraction of sp³-hybridized carbons (Fsp3) is 0.316. The van der Waals surface area contributed by atoms with Gasteiger partial charge in [-0.2, -0.15) is 4.31 Å². The van der Waals surface area contributed by atoms with Gasteiger partial charge in [0.2, 0.25) is 15.9 Å². The lowest BCUT2D eigenvalue weighted by molar-refractivity contribution is -0.122. The number of rotatable bonds is 4. The van der Waals surface area contributed by atoms with E-state index in [4.69, 9.17) is 11.6 Å². The molecule has 0 unspecified atom stereocenters. The molecule has 10 heteroatoms. The monoisotopic (exact) mass is 450 g/mol. The normalized spacial score (nSPS) is 20.6. The molecule has 0 spiro atoms. The van der Waals surface area contributed by atoms with E-state index >= 15 is 0 Å². The fourth-order valence-corrected chi connectivity index (χ4v) is 5.82. The van der Waals surface area contributed by atoms with Crippen LogP contribution < -0.4 is 5.32 Å². The van der Waals surface area contributed by atoms with E-state index in [0.717, 1.165) is 10.2 Å². The Morgan fingerprint density at radius 2 is 2.10 bits per heavy atom. The smallest absolute Gasteiger partial charge is 0.244 e. The van der Waals surface area contributed by atoms with E-state index in [9.17, 15) is 13.2 Å². The van der Waals surface area contributed by atoms with Gasteiger partial charge in [-0.25, -0.2) is 18.4 Å². The Morgan fingerprint density at radius 1 is 1.28 bits per heavy atom. The highest BCUT2D eigenvalue weighted by Crippen LogP contribution is 2.29. The molecule has 0 radical (unpaired) electrons. The SMILES string of the molecule is C[C@@H]1CN(S(=O)(=O)c2ccc(Cl)nc2)CC[C@@H]1C(=O)Nc1ccc2scnc2c1. The Balaban J connectivity index is 1.44. The van der Waals surface area contributed by atoms with Crippen molar-refractivity contribution in [3.05, 3.63) is 47.2 Å². The molecule has 3 aromatic rings. The zero-order valence-corrected chi connectivity index (χ0v) is 18.0. The summed E-state index contributed by atoms with van der Waals surface area (Å²) in [7, 11) is -3.66. The van der Waals surface area contributed by atoms with Crippen molar-refractivity contribution in [2.45, 2.75) is 18.2 Å². The predicted molar refractivity (Wildman–Crippen MR) is 114 cm³/mol. The van der Waals surface area contributed by atoms with Crippen molar-refractivity contribution >= 4 is 54.8 Å². The highest BCUT2D eigenvalue weighted by molar-refractivity contribution is 7.89. The number of nitrogens with zero attached hydrogens (tertiary/aromatic N) is 3. The molecular weight excluding hydrogens is 432 g/mol. The van der Waals surface area contributed by atoms with Crippen molar-refractivity contribution in [2.75, 3.05) is 18.4 Å². The molecule has 0 bridgehead atoms. The number of nitrogens with one attached hydrogen (secondary N) is 1. The summed E-state index contributed by atoms with van der Waals surface area (Å²) in [5, 5.41) is 3.19. The fourth-order valence-electron chi connectivity index (χ4n) is 3.55. The van der Waals surface area contributed by atoms with Gasteiger partial charge < -0.3 is 5.32 Å². The second-order valence-electron chi connectivity index (χ2n) is 7.08. The molecule has 1 amide bonds. The molecule has 0 saturated carbocycles. The van der Waals surface area contributed by atoms with E-state index in [-0.39, 0.29) is 40.9 Å². The number of benzene rings is 1. The van der Waals surface area contributed by atoms with Crippen LogP contribution in [0.5, 0.6) is 0 Å². The molecule has 2 aromatic heterocycles. The summed E-state index contributed by atoms with van der Waals surface area (Å²) in [6.45, 7) is 2.45. The van der Waals surface area contributed by atoms with Gasteiger partial charge in [0.1, 0.15) is 10.0 Å². The number of anilines is 1. The van der Waals surface area contributed by atoms with Gasteiger partial charge in [-0.15, -0.1) is 11.3 Å². The number of amides is 1. The molecule has 2 atom stereocenters. The number of halogens is 1. The van der Waals surface area contributed by atoms with E-state index in [1.165, 1.54) is 22.6 Å². The second-order valence-corrected chi connectivity index (χ2v) is 10.3. The molecule has 1 N–H and O–H groups in total. The summed E-state index contributed by atoms with van der Waals surface area (Å²) in [5.41, 5.74) is 3.31. The molecule has 0 aliphatic carbocycles. The van der Waals surface area contributed by atoms with E-state index in [2.05, 4.69) is 15.3 Å². The number of aromatic nitrogens is 2. The Labute approximate surface area is 177 Å². The van der Waals surface area contributed by atoms with Crippen molar-refractivity contribution in [1.82, 2.24) is 14.3 Å². The Bertz CT molecular complexity index is 1150. The van der Waals surface area contributed by atoms with Crippen LogP contribution in [-0.2, 0) is 14.8 Å². The molecule has 152 valence electrons. The van der Waals surface area contributed by atoms with Crippen LogP contribution in [0, 0.1) is 11.8 Å². The summed E-state index contributed by atoms with van der Waals surface area (Å²) in [4.78, 5) is 21.0. The van der Waals surface area contributed by atoms with Crippen LogP contribution in [0.1, 0.15) is 13.3 Å². The first-order valence-corrected chi connectivity index (χ1v) is 11.8. The van der Waals surface area contributed by atoms with Crippen LogP contribution in [0.2, 0.25) is 5.15 Å². The van der Waals surface area contributed by atoms with Crippen LogP contribution >= 0.6 is 22.9 Å². The highest BCUT2D eigenvalue weighted by atomic mass is 35.5. The predicted octanol–water partition coefficient (Wildman–Crippen LogP) is 3.63. The van der Waals surface area contributed by atoms with Gasteiger partial charge in [0.25, 0.3) is 0 Å². The highest BCUT2D eigenvalue weighted by Gasteiger charge is 2.36. The number of pyridine rings is 1. The van der Waals surface area contributed by atoms with Crippen LogP contribution in [0.4, 0.5) is 5.69 Å². The zero-order chi connectivity index (χ0) is 20.6. The van der Waals surface area contributed by atoms with Gasteiger partial charge in [0.15, 0.2) is 0 Å². The third-order valence-corrected chi connectivity index (χ3v) is 8.02. The summed E-state index contributed by atoms with van der Waals surface area (Å²) < 4.78 is 28.2. The largest absolute Gasteiger partial charge is 0.326 e. The molecular formula is C19H19ClN4O3S2. The minimum absolute atomic E-state index is 0.0997. The Morgan fingerprint density at radius 3 is 2.83 bits per heavy atom. The second kappa shape index (κ2) is 7.98. The maximum Gasteiger partial charge on any atom is 0.244 e. The van der Waals surface area contributed by atoms with Crippen molar-refractivity contribution < 1.29 is 13.2 Å². The first kappa shape index (κ1) is 20.2. The van der Waals surface area contributed by atoms with Crippen molar-refractivity contribution in [3.63, 3.8) is 0 Å². The minimum Gasteiger partial charge on any atom is -0.326 e. The van der Waals surface area contributed by atoms with Gasteiger partial charge in [-0.3, -0.25) is 4.79 Å². The van der Waals surface area contributed by atoms with E-state index in [1.807, 2.05) is 25.1 Å². The van der Waals surface area contributed by atoms with Gasteiger partial charge in [0, 0.05) is 30.9 Å². The first-order chi connectivity index (χ1) is 13.8. The number of hydrogen-bond donors (Lipinski definition) is 1. The molecule has 1 aliphatic heterocycles. The van der Waals surface area contributed by atoms with Crippen molar-refractivity contribution in [2.24, 2.45) is 11.8 Å². The maximum absolute atomic E-state index is 12.8. The third kappa shape index (κ3) is 4.13. The molecule has 1 fully saturated rings. The minimum atomic E-state index is -3.66. The van der Waals surface area contributed by atoms with Crippen molar-refractivity contribution in [3.8, 4) is 0 Å². The average molecular weight is 451 g/mol. The average Bonchev–Trinajstić information content (AvgIpc) is 3.16. The van der Waals surface area contributed by atoms with Crippen LogP contribution in [0.25, 0.3) is 10.2 Å². The van der Waals surface area contributed by atoms with Crippen LogP contribution in [-0.4, -0.2) is 41.7 Å². The molecule has 3 heterocycles. The number of sulfonamides is 1. The summed E-state index contributed by atoms with van der Waals surface area (Å²) in [6, 6.07) is 8.54. The third-order valence-electron chi connectivity index (χ3n) is 5.14. The molecule has 1 aromatic carbocycles. The summed E-state index contributed by atoms with van der Waals surface area (Å²) in [5.74, 6) is -0.491. The van der Waals surface area contributed by atoms with Crippen LogP contribution in [0.15, 0.2) is 46.9 Å². The topological polar surface area (TPSA) is 92.3 Å². The van der Waals surface area contributed by atoms with Gasteiger partial charge >= 0.3 is 0 Å². The molecule has 29 heavy (non-hydrogen) atoms. The number of fused-ring (bicyclic) bond motifs is 1. The molecule has 7 nitrogen and oxygen atoms in total. The van der Waals surface area contributed by atoms with Gasteiger partial charge in [-0.1, -0.05) is 18.5 Å². The van der Waals surface area contributed by atoms with Crippen LogP contribution in [0.3, 0.4) is 0 Å². The molecule has 1 saturated heterocycles. The molecule has 4 rings (SSSR count). The Hall–Kier alpha value is -2.07. The standard InChI is InChI=1S/C19H19ClN4O3S2/c1-12-10-24(29(26,27)14-3-5-18(20)21-9-14)7-6-15(12)19(25)23-13-2-4-17-16(8-13)22-11-28-17/h2-5,8-9,11-12,15H,6-7,10H2,1H3,(H,23,25)/t12-,15+/m1/s1. The quantitative estimate of drug-likeness (QED) is 0.613. The number of carbonyl (C=O) groups is 1. The van der Waals surface area contributed by atoms with Crippen molar-refractivity contribution in [1.29, 1.82) is 0 Å². The van der Waals surface area contributed by atoms with E-state index in [1.54, 1.807) is 16.8 Å². The summed E-state index contributed by atoms with van der Waals surface area (Å²) >= 11 is 7.30. The van der Waals surface area contributed by atoms with Gasteiger partial charge in [-0.05, 0) is 42.7 Å². The number of piperidine rings is 1. The maximum atomic E-state index is 12.8. The lowest BCUT2D eigenvalue weighted by Crippen LogP contribution is -2.46. The lowest BCUT2D eigenvalue weighted by Gasteiger charge is -2.35. The number of thiazole rings is 1. The van der Waals surface area contributed by atoms with Gasteiger partial charge in [0.05, 0.1) is 15.7 Å².